The second kappa shape index (κ2) is 13.0. The number of carbonyl (C=O) groups is 3. The smallest absolute Gasteiger partial charge is 0.413 e. The maximum atomic E-state index is 12.8. The monoisotopic (exact) mass is 598 g/mol. The Kier molecular flexibility index (Phi) is 9.26. The zero-order chi connectivity index (χ0) is 30.3. The molecule has 0 atom stereocenters. The molecule has 3 amide bonds. The predicted octanol–water partition coefficient (Wildman–Crippen LogP) is 1.14. The lowest BCUT2D eigenvalue weighted by Gasteiger charge is -2.33. The molecule has 0 unspecified atom stereocenters. The summed E-state index contributed by atoms with van der Waals surface area (Å²) in [6, 6.07) is 16.0. The van der Waals surface area contributed by atoms with Gasteiger partial charge in [-0.15, -0.1) is 0 Å². The number of amides is 3. The van der Waals surface area contributed by atoms with Gasteiger partial charge < -0.3 is 9.64 Å². The lowest BCUT2D eigenvalue weighted by molar-refractivity contribution is -0.385. The molecule has 0 bridgehead atoms. The van der Waals surface area contributed by atoms with Gasteiger partial charge in [-0.05, 0) is 18.1 Å². The second-order valence-corrected chi connectivity index (χ2v) is 11.2. The topological polar surface area (TPSA) is 191 Å². The fourth-order valence-electron chi connectivity index (χ4n) is 4.14. The third-order valence-corrected chi connectivity index (χ3v) is 8.08. The van der Waals surface area contributed by atoms with Crippen LogP contribution in [-0.2, 0) is 43.9 Å². The van der Waals surface area contributed by atoms with Crippen molar-refractivity contribution in [3.63, 3.8) is 0 Å². The molecule has 0 saturated carbocycles. The molecule has 1 aromatic heterocycles. The molecule has 4 rings (SSSR count). The molecule has 1 aliphatic heterocycles. The Balaban J connectivity index is 1.29. The number of nitrogens with one attached hydrogen (secondary N) is 1. The van der Waals surface area contributed by atoms with E-state index in [9.17, 15) is 37.7 Å². The molecular formula is C26H26N6O9S. The van der Waals surface area contributed by atoms with Crippen molar-refractivity contribution in [2.75, 3.05) is 30.7 Å². The van der Waals surface area contributed by atoms with Crippen molar-refractivity contribution < 1.29 is 32.5 Å². The van der Waals surface area contributed by atoms with E-state index in [-0.39, 0.29) is 43.2 Å². The summed E-state index contributed by atoms with van der Waals surface area (Å²) in [5.74, 6) is -2.07. The number of sulfonamides is 1. The number of anilines is 1. The number of piperazine rings is 1. The van der Waals surface area contributed by atoms with Crippen molar-refractivity contribution in [3.8, 4) is 0 Å². The van der Waals surface area contributed by atoms with Crippen LogP contribution in [-0.4, -0.2) is 75.4 Å². The van der Waals surface area contributed by atoms with Crippen molar-refractivity contribution >= 4 is 39.4 Å². The van der Waals surface area contributed by atoms with Gasteiger partial charge in [0.25, 0.3) is 11.6 Å². The fraction of sp³-hybridized carbons (Fsp3) is 0.269. The van der Waals surface area contributed by atoms with Crippen LogP contribution in [0.1, 0.15) is 11.1 Å². The van der Waals surface area contributed by atoms with Crippen molar-refractivity contribution in [1.82, 2.24) is 18.8 Å². The molecule has 42 heavy (non-hydrogen) atoms. The van der Waals surface area contributed by atoms with Gasteiger partial charge in [-0.2, -0.15) is 4.98 Å². The zero-order valence-corrected chi connectivity index (χ0v) is 22.9. The number of nitrogens with zero attached hydrogens (tertiary/aromatic N) is 5. The Morgan fingerprint density at radius 1 is 1.02 bits per heavy atom. The number of hydrogen-bond acceptors (Lipinski definition) is 10. The standard InChI is InChI=1S/C26H26N6O9S/c33-23(16-30-12-10-22(27-25(30)35)28-26(36)41-18-19-6-2-1-3-7-19)29-13-14-31(24(34)17-29)42(39,40)15-11-20-8-4-5-9-21(20)32(37)38/h1-10,12H,11,13-18H2,(H,27,28,35,36). The highest BCUT2D eigenvalue weighted by molar-refractivity contribution is 7.89. The predicted molar refractivity (Wildman–Crippen MR) is 148 cm³/mol. The largest absolute Gasteiger partial charge is 0.444 e. The molecule has 3 aromatic rings. The minimum absolute atomic E-state index is 0.0150. The average Bonchev–Trinajstić information content (AvgIpc) is 2.97. The molecule has 2 aromatic carbocycles. The molecule has 1 aliphatic rings. The summed E-state index contributed by atoms with van der Waals surface area (Å²) >= 11 is 0. The summed E-state index contributed by atoms with van der Waals surface area (Å²) in [5, 5.41) is 13.5. The summed E-state index contributed by atoms with van der Waals surface area (Å²) in [6.45, 7) is -1.39. The molecule has 16 heteroatoms. The molecule has 0 aliphatic carbocycles. The maximum absolute atomic E-state index is 12.8. The van der Waals surface area contributed by atoms with Gasteiger partial charge in [-0.25, -0.2) is 22.3 Å². The first kappa shape index (κ1) is 29.9. The van der Waals surface area contributed by atoms with Crippen LogP contribution in [0.4, 0.5) is 16.3 Å². The van der Waals surface area contributed by atoms with Crippen LogP contribution in [0.5, 0.6) is 0 Å². The van der Waals surface area contributed by atoms with Crippen LogP contribution in [0.3, 0.4) is 0 Å². The summed E-state index contributed by atoms with van der Waals surface area (Å²) < 4.78 is 32.4. The molecule has 0 spiro atoms. The Hall–Kier alpha value is -5.12. The number of nitro benzene ring substituents is 1. The lowest BCUT2D eigenvalue weighted by atomic mass is 10.1. The van der Waals surface area contributed by atoms with E-state index in [4.69, 9.17) is 4.74 Å². The highest BCUT2D eigenvalue weighted by Gasteiger charge is 2.34. The summed E-state index contributed by atoms with van der Waals surface area (Å²) in [4.78, 5) is 65.3. The number of nitro groups is 1. The second-order valence-electron chi connectivity index (χ2n) is 9.14. The van der Waals surface area contributed by atoms with E-state index in [0.29, 0.717) is 4.31 Å². The normalized spacial score (nSPS) is 13.5. The summed E-state index contributed by atoms with van der Waals surface area (Å²) in [7, 11) is -4.11. The van der Waals surface area contributed by atoms with Gasteiger partial charge in [-0.3, -0.25) is 29.6 Å². The van der Waals surface area contributed by atoms with Crippen LogP contribution >= 0.6 is 0 Å². The summed E-state index contributed by atoms with van der Waals surface area (Å²) in [6.07, 6.45) is 0.246. The van der Waals surface area contributed by atoms with E-state index in [0.717, 1.165) is 15.0 Å². The minimum Gasteiger partial charge on any atom is -0.444 e. The fourth-order valence-corrected chi connectivity index (χ4v) is 5.57. The summed E-state index contributed by atoms with van der Waals surface area (Å²) in [5.41, 5.74) is -0.0701. The third kappa shape index (κ3) is 7.54. The third-order valence-electron chi connectivity index (χ3n) is 6.31. The van der Waals surface area contributed by atoms with Crippen LogP contribution in [0.25, 0.3) is 0 Å². The van der Waals surface area contributed by atoms with E-state index in [1.54, 1.807) is 30.3 Å². The number of hydrogen-bond donors (Lipinski definition) is 1. The molecule has 2 heterocycles. The highest BCUT2D eigenvalue weighted by Crippen LogP contribution is 2.20. The molecule has 15 nitrogen and oxygen atoms in total. The van der Waals surface area contributed by atoms with Gasteiger partial charge in [0.1, 0.15) is 25.5 Å². The molecule has 1 N–H and O–H groups in total. The maximum Gasteiger partial charge on any atom is 0.413 e. The van der Waals surface area contributed by atoms with Gasteiger partial charge in [-0.1, -0.05) is 48.5 Å². The Morgan fingerprint density at radius 2 is 1.74 bits per heavy atom. The number of carbonyl (C=O) groups excluding carboxylic acids is 3. The van der Waals surface area contributed by atoms with Gasteiger partial charge in [0.15, 0.2) is 0 Å². The number of ether oxygens (including phenoxy) is 1. The van der Waals surface area contributed by atoms with Crippen molar-refractivity contribution in [2.45, 2.75) is 19.6 Å². The number of para-hydroxylation sites is 1. The van der Waals surface area contributed by atoms with Gasteiger partial charge >= 0.3 is 11.8 Å². The van der Waals surface area contributed by atoms with Crippen molar-refractivity contribution in [3.05, 3.63) is 98.6 Å². The van der Waals surface area contributed by atoms with E-state index < -0.39 is 57.4 Å². The molecule has 1 saturated heterocycles. The number of rotatable bonds is 10. The minimum atomic E-state index is -4.11. The SMILES string of the molecule is O=C(Nc1ccn(CC(=O)N2CCN(S(=O)(=O)CCc3ccccc3[N+](=O)[O-])C(=O)C2)c(=O)n1)OCc1ccccc1. The number of aryl methyl sites for hydroxylation is 1. The Bertz CT molecular complexity index is 1660. The first-order chi connectivity index (χ1) is 20.0. The van der Waals surface area contributed by atoms with Crippen molar-refractivity contribution in [1.29, 1.82) is 0 Å². The van der Waals surface area contributed by atoms with E-state index in [1.165, 1.54) is 30.5 Å². The van der Waals surface area contributed by atoms with Crippen LogP contribution in [0.2, 0.25) is 0 Å². The Morgan fingerprint density at radius 3 is 2.43 bits per heavy atom. The van der Waals surface area contributed by atoms with Gasteiger partial charge in [0.05, 0.1) is 17.2 Å². The lowest BCUT2D eigenvalue weighted by Crippen LogP contribution is -2.55. The molecule has 220 valence electrons. The van der Waals surface area contributed by atoms with Crippen LogP contribution in [0, 0.1) is 10.1 Å². The van der Waals surface area contributed by atoms with Crippen LogP contribution < -0.4 is 11.0 Å². The van der Waals surface area contributed by atoms with Crippen LogP contribution in [0.15, 0.2) is 71.7 Å². The van der Waals surface area contributed by atoms with E-state index in [1.807, 2.05) is 6.07 Å². The van der Waals surface area contributed by atoms with Gasteiger partial charge in [0, 0.05) is 24.4 Å². The molecule has 0 radical (unpaired) electrons. The Labute approximate surface area is 239 Å². The first-order valence-corrected chi connectivity index (χ1v) is 14.2. The van der Waals surface area contributed by atoms with Crippen molar-refractivity contribution in [2.24, 2.45) is 0 Å². The highest BCUT2D eigenvalue weighted by atomic mass is 32.2. The van der Waals surface area contributed by atoms with E-state index >= 15 is 0 Å². The average molecular weight is 599 g/mol. The number of benzene rings is 2. The molecular weight excluding hydrogens is 572 g/mol. The quantitative estimate of drug-likeness (QED) is 0.261. The molecule has 1 fully saturated rings. The zero-order valence-electron chi connectivity index (χ0n) is 22.1. The van der Waals surface area contributed by atoms with Gasteiger partial charge in [0.2, 0.25) is 15.9 Å². The number of aromatic nitrogens is 2. The first-order valence-electron chi connectivity index (χ1n) is 12.6. The van der Waals surface area contributed by atoms with E-state index in [2.05, 4.69) is 10.3 Å².